The lowest BCUT2D eigenvalue weighted by Gasteiger charge is -2.08. The Hall–Kier alpha value is -1.62. The number of hydrogen-bond acceptors (Lipinski definition) is 3. The number of quaternary nitrogens is 1. The van der Waals surface area contributed by atoms with Crippen LogP contribution in [0.25, 0.3) is 0 Å². The highest BCUT2D eigenvalue weighted by atomic mass is 16.6. The number of non-ortho nitro benzene ring substituents is 1. The molecule has 0 saturated heterocycles. The fourth-order valence-corrected chi connectivity index (χ4v) is 1.38. The van der Waals surface area contributed by atoms with Crippen LogP contribution < -0.4 is 10.2 Å². The van der Waals surface area contributed by atoms with Gasteiger partial charge in [0, 0.05) is 30.8 Å². The Balaban J connectivity index is 2.35. The Labute approximate surface area is 95.2 Å². The van der Waals surface area contributed by atoms with Crippen LogP contribution in [0.1, 0.15) is 6.42 Å². The van der Waals surface area contributed by atoms with Gasteiger partial charge in [-0.3, -0.25) is 10.1 Å². The number of anilines is 1. The molecule has 88 valence electrons. The van der Waals surface area contributed by atoms with Crippen molar-refractivity contribution < 1.29 is 9.82 Å². The number of nitro groups is 1. The molecular weight excluding hydrogens is 206 g/mol. The van der Waals surface area contributed by atoms with Gasteiger partial charge in [-0.1, -0.05) is 0 Å². The van der Waals surface area contributed by atoms with E-state index in [0.29, 0.717) is 0 Å². The zero-order valence-corrected chi connectivity index (χ0v) is 9.69. The Kier molecular flexibility index (Phi) is 4.72. The standard InChI is InChI=1S/C11H17N3O2/c1-13(2)9-3-8-12-10-4-6-11(7-5-10)14(15)16/h4-7,12H,3,8-9H2,1-2H3/p+1. The second kappa shape index (κ2) is 6.07. The van der Waals surface area contributed by atoms with E-state index in [-0.39, 0.29) is 10.6 Å². The van der Waals surface area contributed by atoms with E-state index in [9.17, 15) is 10.1 Å². The summed E-state index contributed by atoms with van der Waals surface area (Å²) < 4.78 is 0. The first-order chi connectivity index (χ1) is 7.59. The quantitative estimate of drug-likeness (QED) is 0.421. The predicted molar refractivity (Wildman–Crippen MR) is 63.9 cm³/mol. The van der Waals surface area contributed by atoms with Gasteiger partial charge >= 0.3 is 0 Å². The minimum atomic E-state index is -0.390. The molecule has 0 amide bonds. The van der Waals surface area contributed by atoms with Gasteiger partial charge in [0.2, 0.25) is 0 Å². The average Bonchev–Trinajstić information content (AvgIpc) is 2.25. The fourth-order valence-electron chi connectivity index (χ4n) is 1.38. The van der Waals surface area contributed by atoms with Crippen molar-refractivity contribution in [2.45, 2.75) is 6.42 Å². The third-order valence-corrected chi connectivity index (χ3v) is 2.26. The van der Waals surface area contributed by atoms with Crippen molar-refractivity contribution in [2.24, 2.45) is 0 Å². The van der Waals surface area contributed by atoms with Crippen LogP contribution in [0, 0.1) is 10.1 Å². The molecule has 0 saturated carbocycles. The second-order valence-corrected chi connectivity index (χ2v) is 4.04. The van der Waals surface area contributed by atoms with Crippen molar-refractivity contribution in [1.29, 1.82) is 0 Å². The number of hydrogen-bond donors (Lipinski definition) is 2. The molecule has 2 N–H and O–H groups in total. The van der Waals surface area contributed by atoms with Gasteiger partial charge in [-0.25, -0.2) is 0 Å². The molecule has 0 aliphatic heterocycles. The van der Waals surface area contributed by atoms with Crippen molar-refractivity contribution in [3.63, 3.8) is 0 Å². The number of rotatable bonds is 6. The molecule has 16 heavy (non-hydrogen) atoms. The smallest absolute Gasteiger partial charge is 0.269 e. The van der Waals surface area contributed by atoms with E-state index in [0.717, 1.165) is 25.2 Å². The molecule has 0 aliphatic rings. The highest BCUT2D eigenvalue weighted by Gasteiger charge is 2.03. The van der Waals surface area contributed by atoms with Gasteiger partial charge in [-0.05, 0) is 12.1 Å². The van der Waals surface area contributed by atoms with Crippen LogP contribution in [0.3, 0.4) is 0 Å². The maximum Gasteiger partial charge on any atom is 0.269 e. The SMILES string of the molecule is C[NH+](C)CCCNc1ccc([N+](=O)[O-])cc1. The molecule has 0 atom stereocenters. The van der Waals surface area contributed by atoms with Gasteiger partial charge in [0.05, 0.1) is 25.6 Å². The van der Waals surface area contributed by atoms with Crippen molar-refractivity contribution >= 4 is 11.4 Å². The van der Waals surface area contributed by atoms with Crippen LogP contribution in [0.15, 0.2) is 24.3 Å². The lowest BCUT2D eigenvalue weighted by atomic mass is 10.3. The molecule has 1 aromatic rings. The summed E-state index contributed by atoms with van der Waals surface area (Å²) in [6.45, 7) is 2.00. The predicted octanol–water partition coefficient (Wildman–Crippen LogP) is 0.541. The van der Waals surface area contributed by atoms with Gasteiger partial charge in [0.25, 0.3) is 5.69 Å². The highest BCUT2D eigenvalue weighted by molar-refractivity contribution is 5.48. The third-order valence-electron chi connectivity index (χ3n) is 2.26. The third kappa shape index (κ3) is 4.27. The summed E-state index contributed by atoms with van der Waals surface area (Å²) in [5.41, 5.74) is 1.06. The molecule has 0 radical (unpaired) electrons. The molecule has 0 fully saturated rings. The van der Waals surface area contributed by atoms with Gasteiger partial charge in [0.15, 0.2) is 0 Å². The summed E-state index contributed by atoms with van der Waals surface area (Å²) in [5.74, 6) is 0. The van der Waals surface area contributed by atoms with E-state index >= 15 is 0 Å². The van der Waals surface area contributed by atoms with Crippen molar-refractivity contribution in [3.8, 4) is 0 Å². The molecule has 0 unspecified atom stereocenters. The highest BCUT2D eigenvalue weighted by Crippen LogP contribution is 2.14. The molecule has 1 rings (SSSR count). The largest absolute Gasteiger partial charge is 0.385 e. The molecule has 0 spiro atoms. The van der Waals surface area contributed by atoms with Crippen molar-refractivity contribution in [2.75, 3.05) is 32.5 Å². The Morgan fingerprint density at radius 2 is 1.94 bits per heavy atom. The van der Waals surface area contributed by atoms with E-state index in [1.165, 1.54) is 17.0 Å². The van der Waals surface area contributed by atoms with Crippen LogP contribution >= 0.6 is 0 Å². The van der Waals surface area contributed by atoms with Crippen molar-refractivity contribution in [3.05, 3.63) is 34.4 Å². The van der Waals surface area contributed by atoms with Crippen LogP contribution in [0.5, 0.6) is 0 Å². The number of benzene rings is 1. The van der Waals surface area contributed by atoms with E-state index < -0.39 is 0 Å². The monoisotopic (exact) mass is 224 g/mol. The molecule has 0 bridgehead atoms. The van der Waals surface area contributed by atoms with Gasteiger partial charge in [-0.15, -0.1) is 0 Å². The van der Waals surface area contributed by atoms with E-state index in [1.807, 2.05) is 0 Å². The zero-order valence-electron chi connectivity index (χ0n) is 9.69. The molecule has 0 aromatic heterocycles. The summed E-state index contributed by atoms with van der Waals surface area (Å²) in [7, 11) is 4.23. The Morgan fingerprint density at radius 1 is 1.31 bits per heavy atom. The molecule has 5 heteroatoms. The summed E-state index contributed by atoms with van der Waals surface area (Å²) in [4.78, 5) is 11.5. The lowest BCUT2D eigenvalue weighted by molar-refractivity contribution is -0.858. The fraction of sp³-hybridized carbons (Fsp3) is 0.455. The van der Waals surface area contributed by atoms with Crippen LogP contribution in [0.4, 0.5) is 11.4 Å². The van der Waals surface area contributed by atoms with Crippen LogP contribution in [-0.2, 0) is 0 Å². The number of nitrogens with one attached hydrogen (secondary N) is 2. The Bertz CT molecular complexity index is 336. The molecule has 0 aliphatic carbocycles. The minimum absolute atomic E-state index is 0.128. The minimum Gasteiger partial charge on any atom is -0.385 e. The molecule has 0 heterocycles. The first kappa shape index (κ1) is 12.4. The molecular formula is C11H18N3O2+. The first-order valence-corrected chi connectivity index (χ1v) is 5.37. The van der Waals surface area contributed by atoms with E-state index in [4.69, 9.17) is 0 Å². The average molecular weight is 224 g/mol. The van der Waals surface area contributed by atoms with Crippen LogP contribution in [0.2, 0.25) is 0 Å². The number of nitrogens with zero attached hydrogens (tertiary/aromatic N) is 1. The van der Waals surface area contributed by atoms with Crippen molar-refractivity contribution in [1.82, 2.24) is 0 Å². The van der Waals surface area contributed by atoms with E-state index in [2.05, 4.69) is 19.4 Å². The maximum absolute atomic E-state index is 10.4. The normalized spacial score (nSPS) is 10.4. The number of nitro benzene ring substituents is 1. The Morgan fingerprint density at radius 3 is 2.44 bits per heavy atom. The van der Waals surface area contributed by atoms with Crippen LogP contribution in [-0.4, -0.2) is 32.1 Å². The van der Waals surface area contributed by atoms with Gasteiger partial charge < -0.3 is 10.2 Å². The second-order valence-electron chi connectivity index (χ2n) is 4.04. The summed E-state index contributed by atoms with van der Waals surface area (Å²) >= 11 is 0. The summed E-state index contributed by atoms with van der Waals surface area (Å²) in [6.07, 6.45) is 1.08. The summed E-state index contributed by atoms with van der Waals surface area (Å²) in [6, 6.07) is 6.50. The zero-order chi connectivity index (χ0) is 12.0. The molecule has 5 nitrogen and oxygen atoms in total. The maximum atomic E-state index is 10.4. The van der Waals surface area contributed by atoms with Gasteiger partial charge in [0.1, 0.15) is 0 Å². The molecule has 1 aromatic carbocycles. The lowest BCUT2D eigenvalue weighted by Crippen LogP contribution is -3.05. The van der Waals surface area contributed by atoms with E-state index in [1.54, 1.807) is 12.1 Å². The first-order valence-electron chi connectivity index (χ1n) is 5.37. The summed E-state index contributed by atoms with van der Waals surface area (Å²) in [5, 5.41) is 13.7. The topological polar surface area (TPSA) is 59.6 Å². The van der Waals surface area contributed by atoms with Gasteiger partial charge in [-0.2, -0.15) is 0 Å².